The number of aromatic hydroxyl groups is 1. The standard InChI is InChI=1S/C11H11Cl2N3O.ClH/c1-16(2)5-6-4-14-9-7(12)3-8(13)11(17)10(9)15-6;/h3-4,17H,5H2,1-2H3;1H. The van der Waals surface area contributed by atoms with Gasteiger partial charge in [-0.3, -0.25) is 4.98 Å². The van der Waals surface area contributed by atoms with Crippen molar-refractivity contribution in [1.29, 1.82) is 0 Å². The molecule has 98 valence electrons. The van der Waals surface area contributed by atoms with E-state index in [-0.39, 0.29) is 23.2 Å². The van der Waals surface area contributed by atoms with Crippen LogP contribution in [0, 0.1) is 0 Å². The lowest BCUT2D eigenvalue weighted by molar-refractivity contribution is 0.396. The average molecular weight is 309 g/mol. The van der Waals surface area contributed by atoms with Crippen molar-refractivity contribution in [2.45, 2.75) is 6.54 Å². The molecule has 18 heavy (non-hydrogen) atoms. The van der Waals surface area contributed by atoms with Gasteiger partial charge in [-0.25, -0.2) is 4.98 Å². The van der Waals surface area contributed by atoms with Gasteiger partial charge in [0, 0.05) is 6.54 Å². The minimum absolute atomic E-state index is 0. The molecule has 1 N–H and O–H groups in total. The van der Waals surface area contributed by atoms with Gasteiger partial charge in [-0.1, -0.05) is 23.2 Å². The Morgan fingerprint density at radius 1 is 1.22 bits per heavy atom. The molecule has 0 unspecified atom stereocenters. The highest BCUT2D eigenvalue weighted by Gasteiger charge is 2.12. The van der Waals surface area contributed by atoms with Gasteiger partial charge in [-0.05, 0) is 20.2 Å². The van der Waals surface area contributed by atoms with Gasteiger partial charge in [0.25, 0.3) is 0 Å². The van der Waals surface area contributed by atoms with E-state index in [0.29, 0.717) is 22.6 Å². The molecule has 0 radical (unpaired) electrons. The lowest BCUT2D eigenvalue weighted by Crippen LogP contribution is -2.12. The van der Waals surface area contributed by atoms with Gasteiger partial charge in [0.1, 0.15) is 11.0 Å². The summed E-state index contributed by atoms with van der Waals surface area (Å²) < 4.78 is 0. The van der Waals surface area contributed by atoms with Crippen LogP contribution in [0.25, 0.3) is 11.0 Å². The maximum absolute atomic E-state index is 9.83. The van der Waals surface area contributed by atoms with Crippen LogP contribution in [0.15, 0.2) is 12.3 Å². The zero-order chi connectivity index (χ0) is 12.6. The average Bonchev–Trinajstić information content (AvgIpc) is 2.25. The summed E-state index contributed by atoms with van der Waals surface area (Å²) in [7, 11) is 3.85. The largest absolute Gasteiger partial charge is 0.504 e. The Morgan fingerprint density at radius 3 is 2.50 bits per heavy atom. The summed E-state index contributed by atoms with van der Waals surface area (Å²) in [5.41, 5.74) is 1.54. The Balaban J connectivity index is 0.00000162. The molecule has 0 aliphatic carbocycles. The van der Waals surface area contributed by atoms with E-state index in [1.807, 2.05) is 19.0 Å². The molecule has 0 saturated heterocycles. The van der Waals surface area contributed by atoms with Gasteiger partial charge < -0.3 is 10.0 Å². The number of nitrogens with zero attached hydrogens (tertiary/aromatic N) is 3. The van der Waals surface area contributed by atoms with Crippen molar-refractivity contribution in [2.24, 2.45) is 0 Å². The Bertz CT molecular complexity index is 575. The monoisotopic (exact) mass is 307 g/mol. The number of hydrogen-bond acceptors (Lipinski definition) is 4. The minimum atomic E-state index is -0.0841. The molecule has 0 aliphatic heterocycles. The molecule has 2 aromatic rings. The predicted molar refractivity (Wildman–Crippen MR) is 75.9 cm³/mol. The summed E-state index contributed by atoms with van der Waals surface area (Å²) in [5.74, 6) is -0.0841. The number of halogens is 3. The van der Waals surface area contributed by atoms with E-state index in [1.54, 1.807) is 6.20 Å². The third-order valence-electron chi connectivity index (χ3n) is 2.23. The highest BCUT2D eigenvalue weighted by atomic mass is 35.5. The second-order valence-corrected chi connectivity index (χ2v) is 4.80. The van der Waals surface area contributed by atoms with Gasteiger partial charge >= 0.3 is 0 Å². The maximum Gasteiger partial charge on any atom is 0.162 e. The first kappa shape index (κ1) is 15.2. The SMILES string of the molecule is CN(C)Cc1cnc2c(Cl)cc(Cl)c(O)c2n1.Cl. The van der Waals surface area contributed by atoms with E-state index in [4.69, 9.17) is 23.2 Å². The fourth-order valence-corrected chi connectivity index (χ4v) is 2.03. The number of phenols is 1. The van der Waals surface area contributed by atoms with Crippen LogP contribution < -0.4 is 0 Å². The number of fused-ring (bicyclic) bond motifs is 1. The van der Waals surface area contributed by atoms with Crippen molar-refractivity contribution in [3.8, 4) is 5.75 Å². The summed E-state index contributed by atoms with van der Waals surface area (Å²) in [4.78, 5) is 10.5. The maximum atomic E-state index is 9.83. The second-order valence-electron chi connectivity index (χ2n) is 3.99. The van der Waals surface area contributed by atoms with Crippen LogP contribution in [0.3, 0.4) is 0 Å². The molecule has 0 saturated carbocycles. The van der Waals surface area contributed by atoms with Crippen LogP contribution in [0.4, 0.5) is 0 Å². The van der Waals surface area contributed by atoms with E-state index in [0.717, 1.165) is 5.69 Å². The lowest BCUT2D eigenvalue weighted by atomic mass is 10.2. The fourth-order valence-electron chi connectivity index (χ4n) is 1.53. The van der Waals surface area contributed by atoms with Gasteiger partial charge in [0.15, 0.2) is 5.75 Å². The molecule has 0 spiro atoms. The van der Waals surface area contributed by atoms with E-state index < -0.39 is 0 Å². The number of phenolic OH excluding ortho intramolecular Hbond substituents is 1. The van der Waals surface area contributed by atoms with Crippen molar-refractivity contribution in [3.63, 3.8) is 0 Å². The molecular formula is C11H12Cl3N3O. The normalized spacial score (nSPS) is 10.7. The highest BCUT2D eigenvalue weighted by Crippen LogP contribution is 2.34. The molecule has 7 heteroatoms. The molecule has 0 amide bonds. The van der Waals surface area contributed by atoms with Crippen LogP contribution in [-0.4, -0.2) is 34.1 Å². The molecule has 1 heterocycles. The van der Waals surface area contributed by atoms with E-state index in [2.05, 4.69) is 9.97 Å². The number of rotatable bonds is 2. The Labute approximate surface area is 121 Å². The van der Waals surface area contributed by atoms with Crippen LogP contribution in [0.1, 0.15) is 5.69 Å². The zero-order valence-electron chi connectivity index (χ0n) is 9.81. The number of aromatic nitrogens is 2. The van der Waals surface area contributed by atoms with Crippen molar-refractivity contribution in [1.82, 2.24) is 14.9 Å². The molecular weight excluding hydrogens is 296 g/mol. The first-order valence-corrected chi connectivity index (χ1v) is 5.72. The van der Waals surface area contributed by atoms with Gasteiger partial charge in [-0.15, -0.1) is 12.4 Å². The topological polar surface area (TPSA) is 49.2 Å². The summed E-state index contributed by atoms with van der Waals surface area (Å²) in [6.45, 7) is 0.631. The Hall–Kier alpha value is -0.810. The van der Waals surface area contributed by atoms with Gasteiger partial charge in [-0.2, -0.15) is 0 Å². The molecule has 0 fully saturated rings. The quantitative estimate of drug-likeness (QED) is 0.926. The smallest absolute Gasteiger partial charge is 0.162 e. The van der Waals surface area contributed by atoms with Crippen molar-refractivity contribution < 1.29 is 5.11 Å². The van der Waals surface area contributed by atoms with Crippen LogP contribution in [0.2, 0.25) is 10.0 Å². The second kappa shape index (κ2) is 5.89. The summed E-state index contributed by atoms with van der Waals surface area (Å²) in [5, 5.41) is 10.4. The van der Waals surface area contributed by atoms with Crippen LogP contribution >= 0.6 is 35.6 Å². The summed E-state index contributed by atoms with van der Waals surface area (Å²) in [6, 6.07) is 1.46. The minimum Gasteiger partial charge on any atom is -0.504 e. The zero-order valence-corrected chi connectivity index (χ0v) is 12.1. The van der Waals surface area contributed by atoms with Crippen LogP contribution in [0.5, 0.6) is 5.75 Å². The predicted octanol–water partition coefficient (Wildman–Crippen LogP) is 3.13. The van der Waals surface area contributed by atoms with Gasteiger partial charge in [0.2, 0.25) is 0 Å². The Kier molecular flexibility index (Phi) is 4.99. The molecule has 1 aromatic carbocycles. The molecule has 0 atom stereocenters. The Morgan fingerprint density at radius 2 is 1.89 bits per heavy atom. The van der Waals surface area contributed by atoms with E-state index in [1.165, 1.54) is 6.07 Å². The van der Waals surface area contributed by atoms with E-state index in [9.17, 15) is 5.11 Å². The van der Waals surface area contributed by atoms with Crippen molar-refractivity contribution >= 4 is 46.6 Å². The highest BCUT2D eigenvalue weighted by molar-refractivity contribution is 6.39. The van der Waals surface area contributed by atoms with Gasteiger partial charge in [0.05, 0.1) is 21.9 Å². The van der Waals surface area contributed by atoms with Crippen molar-refractivity contribution in [3.05, 3.63) is 28.0 Å². The molecule has 1 aromatic heterocycles. The van der Waals surface area contributed by atoms with Crippen molar-refractivity contribution in [2.75, 3.05) is 14.1 Å². The number of benzene rings is 1. The fraction of sp³-hybridized carbons (Fsp3) is 0.273. The molecule has 0 aliphatic rings. The third-order valence-corrected chi connectivity index (χ3v) is 2.81. The molecule has 0 bridgehead atoms. The lowest BCUT2D eigenvalue weighted by Gasteiger charge is -2.10. The number of hydrogen-bond donors (Lipinski definition) is 1. The first-order chi connectivity index (χ1) is 7.99. The summed E-state index contributed by atoms with van der Waals surface area (Å²) in [6.07, 6.45) is 1.64. The molecule has 2 rings (SSSR count). The van der Waals surface area contributed by atoms with E-state index >= 15 is 0 Å². The summed E-state index contributed by atoms with van der Waals surface area (Å²) >= 11 is 11.8. The molecule has 4 nitrogen and oxygen atoms in total. The third kappa shape index (κ3) is 2.95. The van der Waals surface area contributed by atoms with Crippen LogP contribution in [-0.2, 0) is 6.54 Å². The first-order valence-electron chi connectivity index (χ1n) is 4.96.